The Morgan fingerprint density at radius 1 is 1.18 bits per heavy atom. The third-order valence-electron chi connectivity index (χ3n) is 5.60. The number of hydrogen-bond acceptors (Lipinski definition) is 9. The standard InChI is InChI=1S/C17H23N5O.C4H6O6/c1-11(23)17-21-14-10-20-16(19-2)9-15(14)22(17)13-5-3-12(4-6-13)7-8-18;5-1(3(7)8)2(6)4(9)10/h9-13,23H,3-7H2,1-2H3,(H,19,20);1-2,5-6H,(H,7,8)(H,9,10)/t11-,12-,13-;1-,2-/m11/s1. The minimum Gasteiger partial charge on any atom is -0.479 e. The van der Waals surface area contributed by atoms with E-state index in [1.54, 1.807) is 13.1 Å². The summed E-state index contributed by atoms with van der Waals surface area (Å²) in [6.45, 7) is 1.76. The Morgan fingerprint density at radius 3 is 2.21 bits per heavy atom. The van der Waals surface area contributed by atoms with Crippen LogP contribution >= 0.6 is 0 Å². The average molecular weight is 463 g/mol. The second kappa shape index (κ2) is 11.6. The van der Waals surface area contributed by atoms with Crippen molar-refractivity contribution in [3.05, 3.63) is 18.1 Å². The number of nitrogens with zero attached hydrogens (tertiary/aromatic N) is 4. The van der Waals surface area contributed by atoms with E-state index in [2.05, 4.69) is 25.9 Å². The summed E-state index contributed by atoms with van der Waals surface area (Å²) in [5.41, 5.74) is 1.84. The molecule has 2 heterocycles. The highest BCUT2D eigenvalue weighted by Crippen LogP contribution is 2.37. The van der Waals surface area contributed by atoms with Crippen molar-refractivity contribution in [3.63, 3.8) is 0 Å². The van der Waals surface area contributed by atoms with Crippen LogP contribution in [0.15, 0.2) is 12.3 Å². The predicted molar refractivity (Wildman–Crippen MR) is 116 cm³/mol. The quantitative estimate of drug-likeness (QED) is 0.342. The number of aromatic nitrogens is 3. The normalized spacial score (nSPS) is 20.6. The molecule has 0 spiro atoms. The van der Waals surface area contributed by atoms with Crippen molar-refractivity contribution >= 4 is 28.8 Å². The second-order valence-corrected chi connectivity index (χ2v) is 7.93. The van der Waals surface area contributed by atoms with Gasteiger partial charge in [0.25, 0.3) is 0 Å². The average Bonchev–Trinajstić information content (AvgIpc) is 3.18. The smallest absolute Gasteiger partial charge is 0.335 e. The van der Waals surface area contributed by atoms with E-state index in [4.69, 9.17) is 25.7 Å². The number of carboxylic acids is 2. The number of nitriles is 1. The highest BCUT2D eigenvalue weighted by atomic mass is 16.4. The summed E-state index contributed by atoms with van der Waals surface area (Å²) < 4.78 is 2.19. The Kier molecular flexibility index (Phi) is 9.10. The molecule has 6 N–H and O–H groups in total. The van der Waals surface area contributed by atoms with Crippen LogP contribution in [-0.2, 0) is 9.59 Å². The van der Waals surface area contributed by atoms with Crippen LogP contribution in [0, 0.1) is 17.2 Å². The number of imidazole rings is 1. The maximum Gasteiger partial charge on any atom is 0.335 e. The van der Waals surface area contributed by atoms with Crippen molar-refractivity contribution in [3.8, 4) is 6.07 Å². The van der Waals surface area contributed by atoms with Gasteiger partial charge in [-0.1, -0.05) is 0 Å². The zero-order chi connectivity index (χ0) is 24.7. The lowest BCUT2D eigenvalue weighted by Crippen LogP contribution is -2.39. The van der Waals surface area contributed by atoms with Gasteiger partial charge in [0, 0.05) is 25.6 Å². The number of carbonyl (C=O) groups is 2. The Hall–Kier alpha value is -3.27. The van der Waals surface area contributed by atoms with Gasteiger partial charge in [-0.25, -0.2) is 19.6 Å². The molecule has 180 valence electrons. The van der Waals surface area contributed by atoms with E-state index in [1.807, 2.05) is 13.1 Å². The fourth-order valence-electron chi connectivity index (χ4n) is 3.84. The number of anilines is 1. The second-order valence-electron chi connectivity index (χ2n) is 7.93. The molecule has 0 unspecified atom stereocenters. The molecule has 3 rings (SSSR count). The van der Waals surface area contributed by atoms with Gasteiger partial charge < -0.3 is 35.4 Å². The minimum absolute atomic E-state index is 0.326. The molecular formula is C21H29N5O7. The first-order valence-electron chi connectivity index (χ1n) is 10.5. The van der Waals surface area contributed by atoms with Gasteiger partial charge in [-0.05, 0) is 38.5 Å². The first-order chi connectivity index (χ1) is 15.6. The van der Waals surface area contributed by atoms with Crippen molar-refractivity contribution in [2.75, 3.05) is 12.4 Å². The number of rotatable bonds is 7. The summed E-state index contributed by atoms with van der Waals surface area (Å²) in [6.07, 6.45) is 1.41. The van der Waals surface area contributed by atoms with E-state index >= 15 is 0 Å². The van der Waals surface area contributed by atoms with Crippen molar-refractivity contribution in [1.82, 2.24) is 14.5 Å². The van der Waals surface area contributed by atoms with Crippen LogP contribution in [0.25, 0.3) is 11.0 Å². The molecule has 0 aliphatic heterocycles. The molecule has 1 aliphatic rings. The van der Waals surface area contributed by atoms with Crippen LogP contribution in [0.2, 0.25) is 0 Å². The molecule has 2 aromatic heterocycles. The van der Waals surface area contributed by atoms with Gasteiger partial charge in [-0.15, -0.1) is 0 Å². The molecule has 0 aromatic carbocycles. The van der Waals surface area contributed by atoms with Gasteiger partial charge in [-0.2, -0.15) is 5.26 Å². The van der Waals surface area contributed by atoms with Gasteiger partial charge >= 0.3 is 11.9 Å². The Morgan fingerprint density at radius 2 is 1.76 bits per heavy atom. The summed E-state index contributed by atoms with van der Waals surface area (Å²) in [5, 5.41) is 54.6. The van der Waals surface area contributed by atoms with Crippen molar-refractivity contribution in [2.45, 2.75) is 63.4 Å². The summed E-state index contributed by atoms with van der Waals surface area (Å²) >= 11 is 0. The fraction of sp³-hybridized carbons (Fsp3) is 0.571. The van der Waals surface area contributed by atoms with E-state index in [1.165, 1.54) is 0 Å². The molecule has 0 radical (unpaired) electrons. The zero-order valence-corrected chi connectivity index (χ0v) is 18.4. The molecule has 33 heavy (non-hydrogen) atoms. The molecule has 0 amide bonds. The lowest BCUT2D eigenvalue weighted by molar-refractivity contribution is -0.165. The zero-order valence-electron chi connectivity index (χ0n) is 18.4. The van der Waals surface area contributed by atoms with E-state index in [9.17, 15) is 14.7 Å². The number of aliphatic hydroxyl groups is 3. The lowest BCUT2D eigenvalue weighted by Gasteiger charge is -2.30. The monoisotopic (exact) mass is 463 g/mol. The topological polar surface area (TPSA) is 202 Å². The molecule has 1 saturated carbocycles. The maximum absolute atomic E-state index is 10.1. The Balaban J connectivity index is 0.000000328. The first kappa shape index (κ1) is 26.0. The maximum atomic E-state index is 10.1. The number of carboxylic acid groups (broad SMARTS) is 2. The van der Waals surface area contributed by atoms with Crippen LogP contribution in [0.4, 0.5) is 5.82 Å². The molecule has 0 bridgehead atoms. The molecule has 3 atom stereocenters. The number of nitrogens with one attached hydrogen (secondary N) is 1. The van der Waals surface area contributed by atoms with Gasteiger partial charge in [0.1, 0.15) is 23.3 Å². The van der Waals surface area contributed by atoms with Crippen molar-refractivity contribution in [2.24, 2.45) is 5.92 Å². The summed E-state index contributed by atoms with van der Waals surface area (Å²) in [5.74, 6) is -1.52. The largest absolute Gasteiger partial charge is 0.479 e. The molecule has 12 nitrogen and oxygen atoms in total. The van der Waals surface area contributed by atoms with Crippen LogP contribution in [-0.4, -0.2) is 71.3 Å². The van der Waals surface area contributed by atoms with E-state index in [0.717, 1.165) is 42.5 Å². The summed E-state index contributed by atoms with van der Waals surface area (Å²) in [4.78, 5) is 28.4. The Bertz CT molecular complexity index is 990. The van der Waals surface area contributed by atoms with Crippen LogP contribution < -0.4 is 5.32 Å². The van der Waals surface area contributed by atoms with E-state index < -0.39 is 30.3 Å². The molecule has 1 aliphatic carbocycles. The van der Waals surface area contributed by atoms with Crippen LogP contribution in [0.1, 0.15) is 57.0 Å². The highest BCUT2D eigenvalue weighted by molar-refractivity contribution is 5.83. The molecule has 1 fully saturated rings. The number of aliphatic carboxylic acids is 2. The van der Waals surface area contributed by atoms with Crippen LogP contribution in [0.5, 0.6) is 0 Å². The molecule has 12 heteroatoms. The molecular weight excluding hydrogens is 434 g/mol. The molecule has 0 saturated heterocycles. The number of pyridine rings is 1. The third-order valence-corrected chi connectivity index (χ3v) is 5.60. The number of aliphatic hydroxyl groups excluding tert-OH is 3. The van der Waals surface area contributed by atoms with Crippen molar-refractivity contribution < 1.29 is 35.1 Å². The summed E-state index contributed by atoms with van der Waals surface area (Å²) in [7, 11) is 1.84. The van der Waals surface area contributed by atoms with Gasteiger partial charge in [0.05, 0.1) is 17.8 Å². The minimum atomic E-state index is -2.27. The number of fused-ring (bicyclic) bond motifs is 1. The highest BCUT2D eigenvalue weighted by Gasteiger charge is 2.29. The van der Waals surface area contributed by atoms with Crippen LogP contribution in [0.3, 0.4) is 0 Å². The fourth-order valence-corrected chi connectivity index (χ4v) is 3.84. The van der Waals surface area contributed by atoms with Gasteiger partial charge in [0.15, 0.2) is 12.2 Å². The van der Waals surface area contributed by atoms with E-state index in [0.29, 0.717) is 24.2 Å². The van der Waals surface area contributed by atoms with Crippen molar-refractivity contribution in [1.29, 1.82) is 5.26 Å². The third kappa shape index (κ3) is 6.38. The SMILES string of the molecule is CNc1cc2c(cn1)nc([C@@H](C)O)n2[C@H]1CC[C@H](CC#N)CC1.O=C(O)[C@H](O)[C@@H](O)C(=O)O. The Labute approximate surface area is 190 Å². The predicted octanol–water partition coefficient (Wildman–Crippen LogP) is 1.05. The first-order valence-corrected chi connectivity index (χ1v) is 10.5. The van der Waals surface area contributed by atoms with Gasteiger partial charge in [0.2, 0.25) is 0 Å². The summed E-state index contributed by atoms with van der Waals surface area (Å²) in [6, 6.07) is 4.61. The lowest BCUT2D eigenvalue weighted by atomic mass is 9.84. The molecule has 2 aromatic rings. The number of hydrogen-bond donors (Lipinski definition) is 6. The van der Waals surface area contributed by atoms with Gasteiger partial charge in [-0.3, -0.25) is 0 Å². The van der Waals surface area contributed by atoms with E-state index in [-0.39, 0.29) is 0 Å².